The number of nitro groups is 1. The van der Waals surface area contributed by atoms with Crippen molar-refractivity contribution in [1.82, 2.24) is 10.2 Å². The van der Waals surface area contributed by atoms with Crippen LogP contribution in [0.2, 0.25) is 0 Å². The van der Waals surface area contributed by atoms with Crippen LogP contribution < -0.4 is 5.32 Å². The fourth-order valence-corrected chi connectivity index (χ4v) is 2.91. The minimum Gasteiger partial charge on any atom is -0.314 e. The maximum Gasteiger partial charge on any atom is 0.269 e. The molecule has 0 aliphatic carbocycles. The van der Waals surface area contributed by atoms with Gasteiger partial charge >= 0.3 is 0 Å². The summed E-state index contributed by atoms with van der Waals surface area (Å²) in [4.78, 5) is 13.1. The van der Waals surface area contributed by atoms with E-state index in [9.17, 15) is 10.1 Å². The highest BCUT2D eigenvalue weighted by molar-refractivity contribution is 5.85. The van der Waals surface area contributed by atoms with E-state index in [2.05, 4.69) is 24.1 Å². The summed E-state index contributed by atoms with van der Waals surface area (Å²) in [7, 11) is 0. The van der Waals surface area contributed by atoms with Crippen molar-refractivity contribution in [2.75, 3.05) is 26.2 Å². The zero-order valence-electron chi connectivity index (χ0n) is 13.0. The molecule has 1 aliphatic rings. The van der Waals surface area contributed by atoms with Crippen LogP contribution in [-0.4, -0.2) is 36.0 Å². The van der Waals surface area contributed by atoms with Crippen LogP contribution in [0, 0.1) is 16.0 Å². The summed E-state index contributed by atoms with van der Waals surface area (Å²) in [5, 5.41) is 14.3. The molecule has 1 aromatic carbocycles. The van der Waals surface area contributed by atoms with Crippen molar-refractivity contribution in [1.29, 1.82) is 0 Å². The third kappa shape index (κ3) is 5.09. The van der Waals surface area contributed by atoms with Gasteiger partial charge in [0, 0.05) is 44.4 Å². The Kier molecular flexibility index (Phi) is 9.60. The van der Waals surface area contributed by atoms with Crippen molar-refractivity contribution in [3.8, 4) is 0 Å². The number of rotatable bonds is 5. The summed E-state index contributed by atoms with van der Waals surface area (Å²) in [6, 6.07) is 7.38. The van der Waals surface area contributed by atoms with Crippen LogP contribution in [0.3, 0.4) is 0 Å². The SMILES string of the molecule is CCC(C)[C@@H](c1cccc([N+](=O)[O-])c1)N1CCNCC1.Cl.Cl. The number of nitro benzene ring substituents is 1. The predicted molar refractivity (Wildman–Crippen MR) is 94.2 cm³/mol. The van der Waals surface area contributed by atoms with Gasteiger partial charge in [-0.1, -0.05) is 32.4 Å². The molecule has 0 saturated carbocycles. The van der Waals surface area contributed by atoms with Crippen LogP contribution >= 0.6 is 24.8 Å². The molecule has 1 N–H and O–H groups in total. The van der Waals surface area contributed by atoms with E-state index >= 15 is 0 Å². The number of benzene rings is 1. The normalized spacial score (nSPS) is 17.7. The van der Waals surface area contributed by atoms with Crippen molar-refractivity contribution >= 4 is 30.5 Å². The molecule has 0 bridgehead atoms. The van der Waals surface area contributed by atoms with E-state index in [-0.39, 0.29) is 41.5 Å². The van der Waals surface area contributed by atoms with E-state index in [1.165, 1.54) is 0 Å². The Bertz CT molecular complexity index is 468. The van der Waals surface area contributed by atoms with Crippen molar-refractivity contribution in [2.45, 2.75) is 26.3 Å². The van der Waals surface area contributed by atoms with Crippen molar-refractivity contribution in [3.05, 3.63) is 39.9 Å². The molecule has 2 atom stereocenters. The molecule has 2 rings (SSSR count). The highest BCUT2D eigenvalue weighted by Gasteiger charge is 2.27. The number of non-ortho nitro benzene ring substituents is 1. The maximum atomic E-state index is 11.0. The number of nitrogens with one attached hydrogen (secondary N) is 1. The second-order valence-electron chi connectivity index (χ2n) is 5.47. The van der Waals surface area contributed by atoms with Crippen LogP contribution in [0.5, 0.6) is 0 Å². The average Bonchev–Trinajstić information content (AvgIpc) is 2.48. The van der Waals surface area contributed by atoms with E-state index in [1.54, 1.807) is 18.2 Å². The molecule has 0 spiro atoms. The second kappa shape index (κ2) is 10.0. The molecular formula is C15H25Cl2N3O2. The Morgan fingerprint density at radius 2 is 1.95 bits per heavy atom. The first-order chi connectivity index (χ1) is 9.63. The van der Waals surface area contributed by atoms with Gasteiger partial charge in [0.25, 0.3) is 5.69 Å². The third-order valence-corrected chi connectivity index (χ3v) is 4.15. The minimum absolute atomic E-state index is 0. The van der Waals surface area contributed by atoms with Crippen LogP contribution in [0.4, 0.5) is 5.69 Å². The lowest BCUT2D eigenvalue weighted by Crippen LogP contribution is -2.46. The molecule has 0 amide bonds. The fourth-order valence-electron chi connectivity index (χ4n) is 2.91. The fraction of sp³-hybridized carbons (Fsp3) is 0.600. The average molecular weight is 350 g/mol. The summed E-state index contributed by atoms with van der Waals surface area (Å²) in [6.45, 7) is 8.38. The summed E-state index contributed by atoms with van der Waals surface area (Å²) in [6.07, 6.45) is 1.07. The van der Waals surface area contributed by atoms with E-state index < -0.39 is 0 Å². The molecule has 0 radical (unpaired) electrons. The van der Waals surface area contributed by atoms with Gasteiger partial charge in [0.1, 0.15) is 0 Å². The van der Waals surface area contributed by atoms with Crippen LogP contribution in [0.25, 0.3) is 0 Å². The molecule has 22 heavy (non-hydrogen) atoms. The van der Waals surface area contributed by atoms with Crippen LogP contribution in [-0.2, 0) is 0 Å². The van der Waals surface area contributed by atoms with Gasteiger partial charge < -0.3 is 5.32 Å². The first-order valence-corrected chi connectivity index (χ1v) is 7.32. The Morgan fingerprint density at radius 3 is 2.50 bits per heavy atom. The van der Waals surface area contributed by atoms with Gasteiger partial charge in [0.2, 0.25) is 0 Å². The number of hydrogen-bond donors (Lipinski definition) is 1. The van der Waals surface area contributed by atoms with Gasteiger partial charge in [-0.3, -0.25) is 15.0 Å². The molecule has 7 heteroatoms. The minimum atomic E-state index is -0.311. The van der Waals surface area contributed by atoms with E-state index in [0.717, 1.165) is 38.2 Å². The molecule has 1 heterocycles. The van der Waals surface area contributed by atoms with Gasteiger partial charge in [0.05, 0.1) is 4.92 Å². The van der Waals surface area contributed by atoms with E-state index in [4.69, 9.17) is 0 Å². The largest absolute Gasteiger partial charge is 0.314 e. The first-order valence-electron chi connectivity index (χ1n) is 7.32. The summed E-state index contributed by atoms with van der Waals surface area (Å²) in [5.74, 6) is 0.482. The second-order valence-corrected chi connectivity index (χ2v) is 5.47. The van der Waals surface area contributed by atoms with Crippen molar-refractivity contribution in [3.63, 3.8) is 0 Å². The lowest BCUT2D eigenvalue weighted by atomic mass is 9.90. The molecule has 5 nitrogen and oxygen atoms in total. The van der Waals surface area contributed by atoms with Gasteiger partial charge in [-0.15, -0.1) is 24.8 Å². The summed E-state index contributed by atoms with van der Waals surface area (Å²) >= 11 is 0. The quantitative estimate of drug-likeness (QED) is 0.653. The lowest BCUT2D eigenvalue weighted by molar-refractivity contribution is -0.385. The Morgan fingerprint density at radius 1 is 1.32 bits per heavy atom. The number of nitrogens with zero attached hydrogens (tertiary/aromatic N) is 2. The number of piperazine rings is 1. The van der Waals surface area contributed by atoms with Gasteiger partial charge in [-0.25, -0.2) is 0 Å². The van der Waals surface area contributed by atoms with Crippen LogP contribution in [0.1, 0.15) is 31.9 Å². The molecular weight excluding hydrogens is 325 g/mol. The Labute approximate surface area is 144 Å². The molecule has 0 aromatic heterocycles. The highest BCUT2D eigenvalue weighted by Crippen LogP contribution is 2.32. The van der Waals surface area contributed by atoms with Gasteiger partial charge in [-0.2, -0.15) is 0 Å². The zero-order valence-corrected chi connectivity index (χ0v) is 14.7. The lowest BCUT2D eigenvalue weighted by Gasteiger charge is -2.38. The van der Waals surface area contributed by atoms with Crippen LogP contribution in [0.15, 0.2) is 24.3 Å². The van der Waals surface area contributed by atoms with Crippen molar-refractivity contribution in [2.24, 2.45) is 5.92 Å². The molecule has 1 aromatic rings. The molecule has 1 unspecified atom stereocenters. The molecule has 1 fully saturated rings. The Balaban J connectivity index is 0.00000220. The Hall–Kier alpha value is -0.880. The summed E-state index contributed by atoms with van der Waals surface area (Å²) < 4.78 is 0. The molecule has 1 aliphatic heterocycles. The van der Waals surface area contributed by atoms with Crippen molar-refractivity contribution < 1.29 is 4.92 Å². The van der Waals surface area contributed by atoms with E-state index in [0.29, 0.717) is 5.92 Å². The first kappa shape index (κ1) is 21.1. The monoisotopic (exact) mass is 349 g/mol. The predicted octanol–water partition coefficient (Wildman–Crippen LogP) is 3.43. The summed E-state index contributed by atoms with van der Waals surface area (Å²) in [5.41, 5.74) is 1.25. The molecule has 1 saturated heterocycles. The van der Waals surface area contributed by atoms with Gasteiger partial charge in [-0.05, 0) is 11.5 Å². The maximum absolute atomic E-state index is 11.0. The standard InChI is InChI=1S/C15H23N3O2.2ClH/c1-3-12(2)15(17-9-7-16-8-10-17)13-5-4-6-14(11-13)18(19)20;;/h4-6,11-12,15-16H,3,7-10H2,1-2H3;2*1H/t12?,15-;;/m0../s1. The number of halogens is 2. The zero-order chi connectivity index (χ0) is 14.5. The number of hydrogen-bond acceptors (Lipinski definition) is 4. The van der Waals surface area contributed by atoms with E-state index in [1.807, 2.05) is 6.07 Å². The van der Waals surface area contributed by atoms with Gasteiger partial charge in [0.15, 0.2) is 0 Å². The third-order valence-electron chi connectivity index (χ3n) is 4.15. The molecule has 126 valence electrons. The highest BCUT2D eigenvalue weighted by atomic mass is 35.5. The topological polar surface area (TPSA) is 58.4 Å². The smallest absolute Gasteiger partial charge is 0.269 e.